The van der Waals surface area contributed by atoms with Gasteiger partial charge in [0.05, 0.1) is 11.4 Å². The maximum Gasteiger partial charge on any atom is 0.251 e. The molecule has 0 bridgehead atoms. The van der Waals surface area contributed by atoms with E-state index in [4.69, 9.17) is 5.73 Å². The van der Waals surface area contributed by atoms with E-state index in [0.29, 0.717) is 11.3 Å². The van der Waals surface area contributed by atoms with E-state index in [2.05, 4.69) is 15.1 Å². The van der Waals surface area contributed by atoms with E-state index in [1.54, 1.807) is 13.1 Å². The van der Waals surface area contributed by atoms with Crippen LogP contribution < -0.4 is 16.0 Å². The molecule has 3 rings (SSSR count). The van der Waals surface area contributed by atoms with Gasteiger partial charge in [-0.05, 0) is 31.0 Å². The van der Waals surface area contributed by atoms with Crippen molar-refractivity contribution in [2.24, 2.45) is 0 Å². The normalized spacial score (nSPS) is 19.9. The molecule has 1 amide bonds. The van der Waals surface area contributed by atoms with Crippen LogP contribution in [0.1, 0.15) is 23.2 Å². The summed E-state index contributed by atoms with van der Waals surface area (Å²) in [6, 6.07) is 6.41. The number of piperazine rings is 1. The summed E-state index contributed by atoms with van der Waals surface area (Å²) in [5, 5.41) is 2.62. The number of rotatable bonds is 3. The predicted molar refractivity (Wildman–Crippen MR) is 81.1 cm³/mol. The highest BCUT2D eigenvalue weighted by molar-refractivity contribution is 5.96. The summed E-state index contributed by atoms with van der Waals surface area (Å²) in [5.74, 6) is -0.0956. The van der Waals surface area contributed by atoms with Crippen molar-refractivity contribution in [3.05, 3.63) is 23.8 Å². The Kier molecular flexibility index (Phi) is 3.53. The smallest absolute Gasteiger partial charge is 0.251 e. The Morgan fingerprint density at radius 3 is 2.50 bits per heavy atom. The molecular formula is C15H22N4O. The summed E-state index contributed by atoms with van der Waals surface area (Å²) in [7, 11) is 1.63. The molecule has 1 aromatic rings. The Hall–Kier alpha value is -1.75. The van der Waals surface area contributed by atoms with E-state index < -0.39 is 0 Å². The monoisotopic (exact) mass is 274 g/mol. The molecule has 2 fully saturated rings. The Labute approximate surface area is 119 Å². The second kappa shape index (κ2) is 5.32. The number of nitrogen functional groups attached to an aromatic ring is 1. The highest BCUT2D eigenvalue weighted by atomic mass is 16.1. The van der Waals surface area contributed by atoms with E-state index >= 15 is 0 Å². The number of nitrogens with two attached hydrogens (primary N) is 1. The van der Waals surface area contributed by atoms with Gasteiger partial charge in [-0.1, -0.05) is 0 Å². The molecule has 5 heteroatoms. The standard InChI is InChI=1S/C15H22N4O/c1-17-15(20)11-2-5-14(13(16)10-11)19-8-6-18(7-9-19)12-3-4-12/h2,5,10,12H,3-4,6-9,16H2,1H3,(H,17,20). The average molecular weight is 274 g/mol. The van der Waals surface area contributed by atoms with Crippen molar-refractivity contribution in [1.82, 2.24) is 10.2 Å². The number of carbonyl (C=O) groups excluding carboxylic acids is 1. The van der Waals surface area contributed by atoms with Crippen LogP contribution in [0.3, 0.4) is 0 Å². The van der Waals surface area contributed by atoms with Gasteiger partial charge in [0.15, 0.2) is 0 Å². The van der Waals surface area contributed by atoms with Gasteiger partial charge in [-0.25, -0.2) is 0 Å². The number of hydrogen-bond donors (Lipinski definition) is 2. The predicted octanol–water partition coefficient (Wildman–Crippen LogP) is 0.913. The zero-order valence-electron chi connectivity index (χ0n) is 11.9. The molecule has 0 radical (unpaired) electrons. The Morgan fingerprint density at radius 2 is 1.95 bits per heavy atom. The van der Waals surface area contributed by atoms with Gasteiger partial charge in [0.1, 0.15) is 0 Å². The zero-order chi connectivity index (χ0) is 14.1. The number of carbonyl (C=O) groups is 1. The highest BCUT2D eigenvalue weighted by Crippen LogP contribution is 2.30. The van der Waals surface area contributed by atoms with Crippen LogP contribution in [0.25, 0.3) is 0 Å². The molecule has 1 aromatic carbocycles. The Bertz CT molecular complexity index is 505. The number of hydrogen-bond acceptors (Lipinski definition) is 4. The molecule has 1 aliphatic carbocycles. The zero-order valence-corrected chi connectivity index (χ0v) is 11.9. The van der Waals surface area contributed by atoms with Gasteiger partial charge in [0, 0.05) is 44.8 Å². The first-order chi connectivity index (χ1) is 9.69. The number of benzene rings is 1. The van der Waals surface area contributed by atoms with Crippen molar-refractivity contribution in [3.63, 3.8) is 0 Å². The molecule has 1 saturated carbocycles. The number of nitrogens with zero attached hydrogens (tertiary/aromatic N) is 2. The molecular weight excluding hydrogens is 252 g/mol. The summed E-state index contributed by atoms with van der Waals surface area (Å²) < 4.78 is 0. The van der Waals surface area contributed by atoms with E-state index in [0.717, 1.165) is 37.9 Å². The van der Waals surface area contributed by atoms with Crippen LogP contribution in [0.4, 0.5) is 11.4 Å². The lowest BCUT2D eigenvalue weighted by Gasteiger charge is -2.36. The molecule has 20 heavy (non-hydrogen) atoms. The summed E-state index contributed by atoms with van der Waals surface area (Å²) in [4.78, 5) is 16.5. The molecule has 0 unspecified atom stereocenters. The van der Waals surface area contributed by atoms with Gasteiger partial charge in [0.25, 0.3) is 5.91 Å². The van der Waals surface area contributed by atoms with Crippen molar-refractivity contribution >= 4 is 17.3 Å². The topological polar surface area (TPSA) is 61.6 Å². The second-order valence-electron chi connectivity index (χ2n) is 5.61. The lowest BCUT2D eigenvalue weighted by atomic mass is 10.1. The molecule has 108 valence electrons. The minimum Gasteiger partial charge on any atom is -0.397 e. The van der Waals surface area contributed by atoms with Crippen molar-refractivity contribution < 1.29 is 4.79 Å². The van der Waals surface area contributed by atoms with Crippen molar-refractivity contribution in [2.45, 2.75) is 18.9 Å². The molecule has 0 aromatic heterocycles. The highest BCUT2D eigenvalue weighted by Gasteiger charge is 2.31. The average Bonchev–Trinajstić information content (AvgIpc) is 3.31. The van der Waals surface area contributed by atoms with Gasteiger partial charge in [-0.3, -0.25) is 9.69 Å². The maximum atomic E-state index is 11.6. The first-order valence-corrected chi connectivity index (χ1v) is 7.29. The minimum atomic E-state index is -0.0956. The Balaban J connectivity index is 1.69. The van der Waals surface area contributed by atoms with Crippen molar-refractivity contribution in [3.8, 4) is 0 Å². The van der Waals surface area contributed by atoms with Crippen LogP contribution in [0.5, 0.6) is 0 Å². The fourth-order valence-electron chi connectivity index (χ4n) is 2.90. The number of nitrogens with one attached hydrogen (secondary N) is 1. The van der Waals surface area contributed by atoms with Gasteiger partial charge in [0.2, 0.25) is 0 Å². The largest absolute Gasteiger partial charge is 0.397 e. The van der Waals surface area contributed by atoms with Gasteiger partial charge < -0.3 is 16.0 Å². The van der Waals surface area contributed by atoms with E-state index in [-0.39, 0.29) is 5.91 Å². The quantitative estimate of drug-likeness (QED) is 0.804. The van der Waals surface area contributed by atoms with E-state index in [1.165, 1.54) is 12.8 Å². The molecule has 3 N–H and O–H groups in total. The number of anilines is 2. The lowest BCUT2D eigenvalue weighted by molar-refractivity contribution is 0.0963. The second-order valence-corrected chi connectivity index (χ2v) is 5.61. The Morgan fingerprint density at radius 1 is 1.25 bits per heavy atom. The fraction of sp³-hybridized carbons (Fsp3) is 0.533. The summed E-state index contributed by atoms with van der Waals surface area (Å²) in [5.41, 5.74) is 8.47. The van der Waals surface area contributed by atoms with Crippen LogP contribution in [0, 0.1) is 0 Å². The lowest BCUT2D eigenvalue weighted by Crippen LogP contribution is -2.47. The molecule has 1 heterocycles. The molecule has 5 nitrogen and oxygen atoms in total. The third kappa shape index (κ3) is 2.58. The van der Waals surface area contributed by atoms with E-state index in [1.807, 2.05) is 12.1 Å². The third-order valence-corrected chi connectivity index (χ3v) is 4.24. The summed E-state index contributed by atoms with van der Waals surface area (Å²) in [6.45, 7) is 4.25. The van der Waals surface area contributed by atoms with E-state index in [9.17, 15) is 4.79 Å². The van der Waals surface area contributed by atoms with Crippen LogP contribution in [0.2, 0.25) is 0 Å². The maximum absolute atomic E-state index is 11.6. The minimum absolute atomic E-state index is 0.0956. The molecule has 1 aliphatic heterocycles. The third-order valence-electron chi connectivity index (χ3n) is 4.24. The van der Waals surface area contributed by atoms with Crippen molar-refractivity contribution in [2.75, 3.05) is 43.9 Å². The van der Waals surface area contributed by atoms with Gasteiger partial charge >= 0.3 is 0 Å². The first-order valence-electron chi connectivity index (χ1n) is 7.29. The van der Waals surface area contributed by atoms with Crippen LogP contribution in [-0.4, -0.2) is 50.1 Å². The first kappa shape index (κ1) is 13.2. The van der Waals surface area contributed by atoms with Crippen molar-refractivity contribution in [1.29, 1.82) is 0 Å². The molecule has 2 aliphatic rings. The van der Waals surface area contributed by atoms with Gasteiger partial charge in [-0.15, -0.1) is 0 Å². The van der Waals surface area contributed by atoms with Crippen LogP contribution in [-0.2, 0) is 0 Å². The number of amides is 1. The summed E-state index contributed by atoms with van der Waals surface area (Å²) in [6.07, 6.45) is 2.73. The molecule has 0 atom stereocenters. The molecule has 0 spiro atoms. The molecule has 1 saturated heterocycles. The van der Waals surface area contributed by atoms with Crippen LogP contribution >= 0.6 is 0 Å². The van der Waals surface area contributed by atoms with Gasteiger partial charge in [-0.2, -0.15) is 0 Å². The fourth-order valence-corrected chi connectivity index (χ4v) is 2.90. The SMILES string of the molecule is CNC(=O)c1ccc(N2CCN(C3CC3)CC2)c(N)c1. The summed E-state index contributed by atoms with van der Waals surface area (Å²) >= 11 is 0. The van der Waals surface area contributed by atoms with Crippen LogP contribution in [0.15, 0.2) is 18.2 Å².